The van der Waals surface area contributed by atoms with Gasteiger partial charge in [0, 0.05) is 18.2 Å². The zero-order valence-electron chi connectivity index (χ0n) is 9.69. The average molecular weight is 222 g/mol. The third-order valence-corrected chi connectivity index (χ3v) is 2.06. The monoisotopic (exact) mass is 222 g/mol. The van der Waals surface area contributed by atoms with Gasteiger partial charge in [0.2, 0.25) is 5.91 Å². The zero-order valence-corrected chi connectivity index (χ0v) is 9.69. The molecule has 1 aromatic rings. The SMILES string of the molecule is CC(C)NCCOc1ccc(C(N)=O)cc1. The highest BCUT2D eigenvalue weighted by Gasteiger charge is 2.00. The van der Waals surface area contributed by atoms with Crippen molar-refractivity contribution < 1.29 is 9.53 Å². The summed E-state index contributed by atoms with van der Waals surface area (Å²) in [6.07, 6.45) is 0. The van der Waals surface area contributed by atoms with Crippen molar-refractivity contribution in [2.24, 2.45) is 5.73 Å². The van der Waals surface area contributed by atoms with Crippen molar-refractivity contribution in [3.63, 3.8) is 0 Å². The van der Waals surface area contributed by atoms with Gasteiger partial charge in [-0.05, 0) is 24.3 Å². The summed E-state index contributed by atoms with van der Waals surface area (Å²) in [5, 5.41) is 3.25. The first kappa shape index (κ1) is 12.5. The van der Waals surface area contributed by atoms with Gasteiger partial charge in [-0.15, -0.1) is 0 Å². The highest BCUT2D eigenvalue weighted by atomic mass is 16.5. The van der Waals surface area contributed by atoms with Crippen LogP contribution in [-0.4, -0.2) is 25.1 Å². The summed E-state index contributed by atoms with van der Waals surface area (Å²) in [7, 11) is 0. The lowest BCUT2D eigenvalue weighted by molar-refractivity contribution is 0.100. The number of amides is 1. The van der Waals surface area contributed by atoms with Crippen LogP contribution in [0.25, 0.3) is 0 Å². The Hall–Kier alpha value is -1.55. The van der Waals surface area contributed by atoms with E-state index in [1.54, 1.807) is 24.3 Å². The van der Waals surface area contributed by atoms with Crippen LogP contribution in [0.5, 0.6) is 5.75 Å². The molecule has 1 amide bonds. The van der Waals surface area contributed by atoms with E-state index < -0.39 is 5.91 Å². The average Bonchev–Trinajstić information content (AvgIpc) is 2.25. The largest absolute Gasteiger partial charge is 0.492 e. The molecule has 16 heavy (non-hydrogen) atoms. The fourth-order valence-corrected chi connectivity index (χ4v) is 1.23. The standard InChI is InChI=1S/C12H18N2O2/c1-9(2)14-7-8-16-11-5-3-10(4-6-11)12(13)15/h3-6,9,14H,7-8H2,1-2H3,(H2,13,15). The smallest absolute Gasteiger partial charge is 0.248 e. The van der Waals surface area contributed by atoms with E-state index >= 15 is 0 Å². The van der Waals surface area contributed by atoms with E-state index in [0.29, 0.717) is 18.2 Å². The molecule has 0 atom stereocenters. The van der Waals surface area contributed by atoms with E-state index in [1.807, 2.05) is 0 Å². The Morgan fingerprint density at radius 2 is 2.00 bits per heavy atom. The van der Waals surface area contributed by atoms with Crippen molar-refractivity contribution in [2.75, 3.05) is 13.2 Å². The lowest BCUT2D eigenvalue weighted by Crippen LogP contribution is -2.27. The number of carbonyl (C=O) groups is 1. The summed E-state index contributed by atoms with van der Waals surface area (Å²) in [5.41, 5.74) is 5.62. The fraction of sp³-hybridized carbons (Fsp3) is 0.417. The summed E-state index contributed by atoms with van der Waals surface area (Å²) in [6.45, 7) is 5.58. The van der Waals surface area contributed by atoms with Crippen LogP contribution in [0, 0.1) is 0 Å². The molecule has 0 aliphatic rings. The quantitative estimate of drug-likeness (QED) is 0.710. The molecule has 0 aromatic heterocycles. The first-order valence-corrected chi connectivity index (χ1v) is 5.35. The van der Waals surface area contributed by atoms with Gasteiger partial charge in [0.1, 0.15) is 12.4 Å². The van der Waals surface area contributed by atoms with Crippen LogP contribution in [0.3, 0.4) is 0 Å². The summed E-state index contributed by atoms with van der Waals surface area (Å²) in [6, 6.07) is 7.27. The van der Waals surface area contributed by atoms with Crippen molar-refractivity contribution in [1.82, 2.24) is 5.32 Å². The van der Waals surface area contributed by atoms with Crippen LogP contribution >= 0.6 is 0 Å². The number of primary amides is 1. The van der Waals surface area contributed by atoms with E-state index in [-0.39, 0.29) is 0 Å². The minimum atomic E-state index is -0.423. The molecule has 0 aliphatic carbocycles. The summed E-state index contributed by atoms with van der Waals surface area (Å²) < 4.78 is 5.48. The third-order valence-electron chi connectivity index (χ3n) is 2.06. The first-order valence-electron chi connectivity index (χ1n) is 5.35. The second-order valence-electron chi connectivity index (χ2n) is 3.85. The van der Waals surface area contributed by atoms with E-state index in [9.17, 15) is 4.79 Å². The van der Waals surface area contributed by atoms with Crippen LogP contribution < -0.4 is 15.8 Å². The maximum absolute atomic E-state index is 10.8. The van der Waals surface area contributed by atoms with Crippen LogP contribution in [0.2, 0.25) is 0 Å². The Morgan fingerprint density at radius 3 is 2.50 bits per heavy atom. The van der Waals surface area contributed by atoms with E-state index in [0.717, 1.165) is 12.3 Å². The number of ether oxygens (including phenoxy) is 1. The van der Waals surface area contributed by atoms with Crippen LogP contribution in [0.4, 0.5) is 0 Å². The lowest BCUT2D eigenvalue weighted by Gasteiger charge is -2.09. The number of rotatable bonds is 6. The summed E-state index contributed by atoms with van der Waals surface area (Å²) >= 11 is 0. The molecule has 88 valence electrons. The van der Waals surface area contributed by atoms with Crippen molar-refractivity contribution in [3.8, 4) is 5.75 Å². The Balaban J connectivity index is 2.35. The van der Waals surface area contributed by atoms with Gasteiger partial charge in [-0.2, -0.15) is 0 Å². The van der Waals surface area contributed by atoms with Crippen molar-refractivity contribution in [2.45, 2.75) is 19.9 Å². The number of nitrogens with two attached hydrogens (primary N) is 1. The maximum Gasteiger partial charge on any atom is 0.248 e. The molecule has 0 fully saturated rings. The van der Waals surface area contributed by atoms with Gasteiger partial charge in [0.15, 0.2) is 0 Å². The maximum atomic E-state index is 10.8. The third kappa shape index (κ3) is 4.31. The molecule has 1 rings (SSSR count). The number of benzene rings is 1. The number of nitrogens with one attached hydrogen (secondary N) is 1. The predicted octanol–water partition coefficient (Wildman–Crippen LogP) is 1.16. The van der Waals surface area contributed by atoms with Crippen LogP contribution in [0.1, 0.15) is 24.2 Å². The number of hydrogen-bond donors (Lipinski definition) is 2. The highest BCUT2D eigenvalue weighted by molar-refractivity contribution is 5.92. The van der Waals surface area contributed by atoms with Crippen LogP contribution in [0.15, 0.2) is 24.3 Å². The molecule has 4 heteroatoms. The van der Waals surface area contributed by atoms with Gasteiger partial charge < -0.3 is 15.8 Å². The molecular weight excluding hydrogens is 204 g/mol. The first-order chi connectivity index (χ1) is 7.59. The molecule has 0 spiro atoms. The van der Waals surface area contributed by atoms with Crippen molar-refractivity contribution >= 4 is 5.91 Å². The lowest BCUT2D eigenvalue weighted by atomic mass is 10.2. The van der Waals surface area contributed by atoms with Gasteiger partial charge in [-0.25, -0.2) is 0 Å². The normalized spacial score (nSPS) is 10.4. The molecule has 0 saturated heterocycles. The predicted molar refractivity (Wildman–Crippen MR) is 63.6 cm³/mol. The van der Waals surface area contributed by atoms with E-state index in [1.165, 1.54) is 0 Å². The topological polar surface area (TPSA) is 64.3 Å². The number of hydrogen-bond acceptors (Lipinski definition) is 3. The Bertz CT molecular complexity index is 333. The van der Waals surface area contributed by atoms with Crippen LogP contribution in [-0.2, 0) is 0 Å². The summed E-state index contributed by atoms with van der Waals surface area (Å²) in [5.74, 6) is 0.323. The van der Waals surface area contributed by atoms with Gasteiger partial charge in [0.05, 0.1) is 0 Å². The van der Waals surface area contributed by atoms with Gasteiger partial charge in [-0.1, -0.05) is 13.8 Å². The Kier molecular flexibility index (Phi) is 4.79. The van der Waals surface area contributed by atoms with Crippen molar-refractivity contribution in [3.05, 3.63) is 29.8 Å². The van der Waals surface area contributed by atoms with Gasteiger partial charge in [0.25, 0.3) is 0 Å². The molecule has 0 aliphatic heterocycles. The molecule has 0 heterocycles. The Morgan fingerprint density at radius 1 is 1.38 bits per heavy atom. The number of carbonyl (C=O) groups excluding carboxylic acids is 1. The minimum absolute atomic E-state index is 0.423. The zero-order chi connectivity index (χ0) is 12.0. The fourth-order valence-electron chi connectivity index (χ4n) is 1.23. The molecule has 0 unspecified atom stereocenters. The second-order valence-corrected chi connectivity index (χ2v) is 3.85. The highest BCUT2D eigenvalue weighted by Crippen LogP contribution is 2.11. The van der Waals surface area contributed by atoms with Gasteiger partial charge >= 0.3 is 0 Å². The van der Waals surface area contributed by atoms with E-state index in [4.69, 9.17) is 10.5 Å². The molecule has 0 saturated carbocycles. The Labute approximate surface area is 95.8 Å². The second kappa shape index (κ2) is 6.12. The van der Waals surface area contributed by atoms with E-state index in [2.05, 4.69) is 19.2 Å². The molecule has 4 nitrogen and oxygen atoms in total. The molecule has 0 radical (unpaired) electrons. The minimum Gasteiger partial charge on any atom is -0.492 e. The van der Waals surface area contributed by atoms with Gasteiger partial charge in [-0.3, -0.25) is 4.79 Å². The molecule has 1 aromatic carbocycles. The molecule has 3 N–H and O–H groups in total. The van der Waals surface area contributed by atoms with Crippen molar-refractivity contribution in [1.29, 1.82) is 0 Å². The summed E-state index contributed by atoms with van der Waals surface area (Å²) in [4.78, 5) is 10.8. The molecule has 0 bridgehead atoms. The molecular formula is C12H18N2O2.